The van der Waals surface area contributed by atoms with Crippen LogP contribution in [0, 0.1) is 0 Å². The van der Waals surface area contributed by atoms with Gasteiger partial charge in [-0.05, 0) is 25.0 Å². The van der Waals surface area contributed by atoms with Crippen molar-refractivity contribution < 1.29 is 17.9 Å². The summed E-state index contributed by atoms with van der Waals surface area (Å²) >= 11 is 13.2. The number of thiophene rings is 1. The normalized spacial score (nSPS) is 19.0. The summed E-state index contributed by atoms with van der Waals surface area (Å²) < 4.78 is 32.6. The van der Waals surface area contributed by atoms with Crippen LogP contribution in [0.5, 0.6) is 0 Å². The van der Waals surface area contributed by atoms with Gasteiger partial charge in [-0.25, -0.2) is 13.1 Å². The number of hydrogen-bond acceptors (Lipinski definition) is 5. The second kappa shape index (κ2) is 6.57. The minimum absolute atomic E-state index is 0.0956. The molecule has 3 rings (SSSR count). The molecule has 1 N–H and O–H groups in total. The third kappa shape index (κ3) is 3.49. The zero-order valence-electron chi connectivity index (χ0n) is 11.8. The van der Waals surface area contributed by atoms with E-state index in [0.717, 1.165) is 16.0 Å². The lowest BCUT2D eigenvalue weighted by molar-refractivity contribution is 0.0955. The Kier molecular flexibility index (Phi) is 4.85. The second-order valence-electron chi connectivity index (χ2n) is 5.20. The van der Waals surface area contributed by atoms with E-state index in [1.54, 1.807) is 18.2 Å². The van der Waals surface area contributed by atoms with E-state index < -0.39 is 21.2 Å². The van der Waals surface area contributed by atoms with Crippen molar-refractivity contribution in [2.75, 3.05) is 13.2 Å². The molecule has 1 aromatic heterocycles. The molecule has 0 bridgehead atoms. The SMILES string of the molecule is O=C(NS(=O)(=O)C1CCCOC1)c1sc2cc(Cl)ccc2c1Cl. The molecule has 23 heavy (non-hydrogen) atoms. The number of nitrogens with one attached hydrogen (secondary N) is 1. The monoisotopic (exact) mass is 393 g/mol. The number of amides is 1. The molecule has 1 unspecified atom stereocenters. The van der Waals surface area contributed by atoms with Crippen LogP contribution in [0.3, 0.4) is 0 Å². The predicted octanol–water partition coefficient (Wildman–Crippen LogP) is 3.45. The highest BCUT2D eigenvalue weighted by atomic mass is 35.5. The number of carbonyl (C=O) groups excluding carboxylic acids is 1. The smallest absolute Gasteiger partial charge is 0.276 e. The number of fused-ring (bicyclic) bond motifs is 1. The van der Waals surface area contributed by atoms with E-state index >= 15 is 0 Å². The summed E-state index contributed by atoms with van der Waals surface area (Å²) in [5.41, 5.74) is 0. The first-order chi connectivity index (χ1) is 10.9. The Morgan fingerprint density at radius 2 is 2.13 bits per heavy atom. The van der Waals surface area contributed by atoms with Crippen LogP contribution in [0.1, 0.15) is 22.5 Å². The minimum atomic E-state index is -3.80. The van der Waals surface area contributed by atoms with Crippen LogP contribution in [-0.4, -0.2) is 32.8 Å². The summed E-state index contributed by atoms with van der Waals surface area (Å²) in [6.07, 6.45) is 1.13. The summed E-state index contributed by atoms with van der Waals surface area (Å²) in [7, 11) is -3.80. The summed E-state index contributed by atoms with van der Waals surface area (Å²) in [4.78, 5) is 12.5. The maximum absolute atomic E-state index is 12.3. The van der Waals surface area contributed by atoms with Crippen molar-refractivity contribution in [1.82, 2.24) is 4.72 Å². The third-order valence-electron chi connectivity index (χ3n) is 3.59. The molecule has 1 atom stereocenters. The van der Waals surface area contributed by atoms with E-state index in [1.807, 2.05) is 0 Å². The molecular formula is C14H13Cl2NO4S2. The number of rotatable bonds is 3. The molecule has 2 heterocycles. The predicted molar refractivity (Wildman–Crippen MR) is 92.1 cm³/mol. The zero-order chi connectivity index (χ0) is 16.6. The summed E-state index contributed by atoms with van der Waals surface area (Å²) in [5, 5.41) is 0.705. The zero-order valence-corrected chi connectivity index (χ0v) is 15.0. The molecule has 1 aromatic carbocycles. The lowest BCUT2D eigenvalue weighted by Gasteiger charge is -2.22. The van der Waals surface area contributed by atoms with E-state index in [1.165, 1.54) is 0 Å². The third-order valence-corrected chi connectivity index (χ3v) is 7.20. The van der Waals surface area contributed by atoms with Crippen LogP contribution in [-0.2, 0) is 14.8 Å². The quantitative estimate of drug-likeness (QED) is 0.866. The van der Waals surface area contributed by atoms with Crippen LogP contribution < -0.4 is 4.72 Å². The molecule has 5 nitrogen and oxygen atoms in total. The standard InChI is InChI=1S/C14H13Cl2NO4S2/c15-8-3-4-10-11(6-8)22-13(12(10)16)14(18)17-23(19,20)9-2-1-5-21-7-9/h3-4,6,9H,1-2,5,7H2,(H,17,18). The number of carbonyl (C=O) groups is 1. The van der Waals surface area contributed by atoms with Gasteiger partial charge in [0.15, 0.2) is 0 Å². The minimum Gasteiger partial charge on any atom is -0.380 e. The first kappa shape index (κ1) is 17.0. The lowest BCUT2D eigenvalue weighted by Crippen LogP contribution is -2.42. The maximum Gasteiger partial charge on any atom is 0.276 e. The van der Waals surface area contributed by atoms with Gasteiger partial charge in [-0.3, -0.25) is 4.79 Å². The number of halogens is 2. The lowest BCUT2D eigenvalue weighted by atomic mass is 10.2. The summed E-state index contributed by atoms with van der Waals surface area (Å²) in [6.45, 7) is 0.640. The van der Waals surface area contributed by atoms with Gasteiger partial charge in [0.25, 0.3) is 5.91 Å². The molecule has 0 saturated carbocycles. The van der Waals surface area contributed by atoms with Crippen molar-refractivity contribution >= 4 is 60.6 Å². The van der Waals surface area contributed by atoms with Gasteiger partial charge in [0.2, 0.25) is 10.0 Å². The summed E-state index contributed by atoms with van der Waals surface area (Å²) in [5.74, 6) is -0.724. The van der Waals surface area contributed by atoms with E-state index in [2.05, 4.69) is 4.72 Å². The van der Waals surface area contributed by atoms with Gasteiger partial charge in [0.05, 0.1) is 11.6 Å². The highest BCUT2D eigenvalue weighted by molar-refractivity contribution is 7.90. The van der Waals surface area contributed by atoms with Crippen LogP contribution in [0.25, 0.3) is 10.1 Å². The van der Waals surface area contributed by atoms with Gasteiger partial charge in [0, 0.05) is 21.7 Å². The fourth-order valence-corrected chi connectivity index (χ4v) is 5.43. The molecule has 1 aliphatic rings. The van der Waals surface area contributed by atoms with Crippen LogP contribution in [0.2, 0.25) is 10.0 Å². The number of ether oxygens (including phenoxy) is 1. The molecule has 1 fully saturated rings. The number of benzene rings is 1. The second-order valence-corrected chi connectivity index (χ2v) is 9.03. The molecule has 9 heteroatoms. The van der Waals surface area contributed by atoms with E-state index in [4.69, 9.17) is 27.9 Å². The maximum atomic E-state index is 12.3. The topological polar surface area (TPSA) is 72.5 Å². The van der Waals surface area contributed by atoms with Gasteiger partial charge in [0.1, 0.15) is 10.1 Å². The number of sulfonamides is 1. The molecule has 124 valence electrons. The Balaban J connectivity index is 1.87. The van der Waals surface area contributed by atoms with Gasteiger partial charge < -0.3 is 4.74 Å². The fraction of sp³-hybridized carbons (Fsp3) is 0.357. The Bertz CT molecular complexity index is 857. The van der Waals surface area contributed by atoms with E-state index in [0.29, 0.717) is 29.9 Å². The van der Waals surface area contributed by atoms with Crippen LogP contribution in [0.4, 0.5) is 0 Å². The highest BCUT2D eigenvalue weighted by Gasteiger charge is 2.31. The van der Waals surface area contributed by atoms with Crippen molar-refractivity contribution in [3.05, 3.63) is 33.1 Å². The molecule has 0 radical (unpaired) electrons. The Morgan fingerprint density at radius 1 is 1.35 bits per heavy atom. The summed E-state index contributed by atoms with van der Waals surface area (Å²) in [6, 6.07) is 5.06. The van der Waals surface area contributed by atoms with Crippen molar-refractivity contribution in [1.29, 1.82) is 0 Å². The van der Waals surface area contributed by atoms with E-state index in [9.17, 15) is 13.2 Å². The average Bonchev–Trinajstić information content (AvgIpc) is 2.84. The molecule has 1 aliphatic heterocycles. The van der Waals surface area contributed by atoms with Gasteiger partial charge in [-0.1, -0.05) is 29.3 Å². The van der Waals surface area contributed by atoms with Crippen LogP contribution in [0.15, 0.2) is 18.2 Å². The fourth-order valence-electron chi connectivity index (χ4n) is 2.40. The Labute approximate surface area is 147 Å². The van der Waals surface area contributed by atoms with Crippen LogP contribution >= 0.6 is 34.5 Å². The molecule has 0 spiro atoms. The molecule has 1 saturated heterocycles. The first-order valence-corrected chi connectivity index (χ1v) is 10.0. The average molecular weight is 394 g/mol. The first-order valence-electron chi connectivity index (χ1n) is 6.90. The largest absolute Gasteiger partial charge is 0.380 e. The van der Waals surface area contributed by atoms with Crippen molar-refractivity contribution in [2.24, 2.45) is 0 Å². The van der Waals surface area contributed by atoms with Crippen molar-refractivity contribution in [3.63, 3.8) is 0 Å². The highest BCUT2D eigenvalue weighted by Crippen LogP contribution is 2.36. The van der Waals surface area contributed by atoms with Gasteiger partial charge in [-0.15, -0.1) is 11.3 Å². The van der Waals surface area contributed by atoms with Gasteiger partial charge >= 0.3 is 0 Å². The van der Waals surface area contributed by atoms with Crippen molar-refractivity contribution in [2.45, 2.75) is 18.1 Å². The van der Waals surface area contributed by atoms with Gasteiger partial charge in [-0.2, -0.15) is 0 Å². The Hall–Kier alpha value is -0.860. The number of hydrogen-bond donors (Lipinski definition) is 1. The molecule has 2 aromatic rings. The van der Waals surface area contributed by atoms with Crippen molar-refractivity contribution in [3.8, 4) is 0 Å². The van der Waals surface area contributed by atoms with E-state index in [-0.39, 0.29) is 16.5 Å². The Morgan fingerprint density at radius 3 is 2.83 bits per heavy atom. The molecule has 1 amide bonds. The molecular weight excluding hydrogens is 381 g/mol. The molecule has 0 aliphatic carbocycles.